The zero-order chi connectivity index (χ0) is 40.0. The Balaban J connectivity index is 0.00000641. The number of hydrogen-bond donors (Lipinski definition) is 5. The van der Waals surface area contributed by atoms with Crippen LogP contribution >= 0.6 is 11.8 Å². The fourth-order valence-corrected chi connectivity index (χ4v) is 8.76. The number of nitrogens with two attached hydrogens (primary N) is 1. The summed E-state index contributed by atoms with van der Waals surface area (Å²) in [6.45, 7) is 1.44. The predicted octanol–water partition coefficient (Wildman–Crippen LogP) is 5.09. The summed E-state index contributed by atoms with van der Waals surface area (Å²) in [6.07, 6.45) is 17.0. The zero-order valence-electron chi connectivity index (χ0n) is 33.4. The van der Waals surface area contributed by atoms with Gasteiger partial charge >= 0.3 is 5.97 Å². The lowest BCUT2D eigenvalue weighted by atomic mass is 10.0. The number of para-hydroxylation sites is 3. The number of rotatable bonds is 22. The summed E-state index contributed by atoms with van der Waals surface area (Å²) in [4.78, 5) is 45.2. The number of carboxylic acid groups (broad SMARTS) is 1. The van der Waals surface area contributed by atoms with E-state index in [1.165, 1.54) is 51.3 Å². The number of H-pyrrole nitrogens is 1. The first-order valence-corrected chi connectivity index (χ1v) is 21.3. The Kier molecular flexibility index (Phi) is 17.2. The Hall–Kier alpha value is -4.65. The van der Waals surface area contributed by atoms with Gasteiger partial charge in [-0.3, -0.25) is 9.59 Å². The summed E-state index contributed by atoms with van der Waals surface area (Å²) in [7, 11) is 2.14. The van der Waals surface area contributed by atoms with Crippen LogP contribution in [-0.2, 0) is 27.3 Å². The van der Waals surface area contributed by atoms with Crippen molar-refractivity contribution < 1.29 is 41.0 Å². The van der Waals surface area contributed by atoms with Gasteiger partial charge in [-0.1, -0.05) is 86.3 Å². The first-order chi connectivity index (χ1) is 27.8. The van der Waals surface area contributed by atoms with Gasteiger partial charge in [0.25, 0.3) is 0 Å². The molecule has 0 fully saturated rings. The molecular formula is C46H57BrN6O4S. The molecule has 0 spiro atoms. The molecule has 6 rings (SSSR count). The number of carboxylic acids is 1. The maximum absolute atomic E-state index is 13.4. The van der Waals surface area contributed by atoms with Crippen LogP contribution in [0.4, 0.5) is 5.69 Å². The van der Waals surface area contributed by atoms with Crippen molar-refractivity contribution in [1.82, 2.24) is 15.6 Å². The van der Waals surface area contributed by atoms with E-state index >= 15 is 0 Å². The van der Waals surface area contributed by atoms with Crippen LogP contribution in [-0.4, -0.2) is 53.6 Å². The number of anilines is 1. The van der Waals surface area contributed by atoms with E-state index in [0.717, 1.165) is 55.1 Å². The van der Waals surface area contributed by atoms with Crippen molar-refractivity contribution in [2.75, 3.05) is 18.5 Å². The highest BCUT2D eigenvalue weighted by Gasteiger charge is 2.27. The first-order valence-electron chi connectivity index (χ1n) is 20.5. The lowest BCUT2D eigenvalue weighted by Crippen LogP contribution is -3.00. The van der Waals surface area contributed by atoms with Gasteiger partial charge in [0.05, 0.1) is 16.1 Å². The molecule has 10 nitrogen and oxygen atoms in total. The average molecular weight is 870 g/mol. The van der Waals surface area contributed by atoms with Gasteiger partial charge in [-0.25, -0.2) is 4.79 Å². The molecule has 2 aromatic heterocycles. The normalized spacial score (nSPS) is 14.0. The number of amides is 2. The summed E-state index contributed by atoms with van der Waals surface area (Å²) in [5.41, 5.74) is 11.1. The number of thioether (sulfide) groups is 1. The van der Waals surface area contributed by atoms with E-state index in [0.29, 0.717) is 25.8 Å². The quantitative estimate of drug-likeness (QED) is 0.0482. The number of nitrogens with one attached hydrogen (secondary N) is 3. The number of carbonyl (C=O) groups excluding carboxylic acids is 2. The maximum atomic E-state index is 13.4. The number of fused-ring (bicyclic) bond motifs is 3. The van der Waals surface area contributed by atoms with Crippen molar-refractivity contribution in [2.45, 2.75) is 107 Å². The van der Waals surface area contributed by atoms with Gasteiger partial charge in [-0.15, -0.1) is 0 Å². The molecule has 2 amide bonds. The second-order valence-electron chi connectivity index (χ2n) is 15.0. The van der Waals surface area contributed by atoms with Crippen molar-refractivity contribution in [3.05, 3.63) is 107 Å². The van der Waals surface area contributed by atoms with Gasteiger partial charge < -0.3 is 48.3 Å². The number of nitrogens with zero attached hydrogens (tertiary/aromatic N) is 2. The van der Waals surface area contributed by atoms with E-state index in [1.807, 2.05) is 42.2 Å². The van der Waals surface area contributed by atoms with Crippen molar-refractivity contribution in [3.63, 3.8) is 0 Å². The maximum Gasteiger partial charge on any atom is 0.326 e. The molecule has 3 heterocycles. The largest absolute Gasteiger partial charge is 1.00 e. The second-order valence-corrected chi connectivity index (χ2v) is 16.1. The molecule has 58 heavy (non-hydrogen) atoms. The highest BCUT2D eigenvalue weighted by Crippen LogP contribution is 2.45. The van der Waals surface area contributed by atoms with Crippen molar-refractivity contribution in [1.29, 1.82) is 0 Å². The van der Waals surface area contributed by atoms with Gasteiger partial charge in [0.15, 0.2) is 6.20 Å². The Labute approximate surface area is 356 Å². The molecule has 0 aliphatic carbocycles. The smallest absolute Gasteiger partial charge is 0.326 e. The SMILES string of the molecule is CN1/C(=C\c2cc[n+](CCCCCCCCCCC(=O)N[C@@H](Cc3c[nH]c4ccccc34)C(=O)N[C@@H](CCCCN)C(=O)O)c3ccccc23)Sc2ccccc21.[Br-]. The monoisotopic (exact) mass is 868 g/mol. The number of aryl methyl sites for hydroxylation is 1. The van der Waals surface area contributed by atoms with Gasteiger partial charge in [0.1, 0.15) is 18.6 Å². The molecule has 0 saturated heterocycles. The highest BCUT2D eigenvalue weighted by atomic mass is 79.9. The van der Waals surface area contributed by atoms with Gasteiger partial charge in [-0.2, -0.15) is 4.57 Å². The third-order valence-corrected chi connectivity index (χ3v) is 12.0. The predicted molar refractivity (Wildman–Crippen MR) is 231 cm³/mol. The van der Waals surface area contributed by atoms with Crippen molar-refractivity contribution in [2.24, 2.45) is 5.73 Å². The van der Waals surface area contributed by atoms with Crippen LogP contribution in [0, 0.1) is 0 Å². The van der Waals surface area contributed by atoms with Gasteiger partial charge in [0.2, 0.25) is 17.3 Å². The standard InChI is InChI=1S/C46H56N6O4S.BrH/c1-51-41-23-13-14-24-42(41)57-44(51)31-33-26-29-52(40-22-12-10-19-36(33)40)28-17-7-5-3-2-4-6-8-25-43(53)49-39(30-34-32-48-37-20-11-9-18-35(34)37)45(54)50-38(46(55)56)21-15-16-27-47;/h9-14,18-20,22-24,26,29,31-32,38-39,48H,2-8,15-17,21,25,27-28,30,47H2,1H3,(H2-,49,50,53,54,55,56);1H/t38-,39-;/m0./s1. The summed E-state index contributed by atoms with van der Waals surface area (Å²) < 4.78 is 2.38. The summed E-state index contributed by atoms with van der Waals surface area (Å²) in [5, 5.41) is 18.8. The number of halogens is 1. The number of benzene rings is 3. The Morgan fingerprint density at radius 3 is 2.28 bits per heavy atom. The van der Waals surface area contributed by atoms with Crippen LogP contribution < -0.4 is 42.8 Å². The van der Waals surface area contributed by atoms with Gasteiger partial charge in [-0.05, 0) is 80.1 Å². The number of aliphatic carboxylic acids is 1. The third-order valence-electron chi connectivity index (χ3n) is 10.9. The second kappa shape index (κ2) is 22.5. The number of carbonyl (C=O) groups is 3. The minimum atomic E-state index is -1.09. The molecule has 1 aliphatic heterocycles. The van der Waals surface area contributed by atoms with Crippen LogP contribution in [0.25, 0.3) is 27.9 Å². The van der Waals surface area contributed by atoms with Crippen LogP contribution in [0.5, 0.6) is 0 Å². The molecule has 2 atom stereocenters. The molecule has 0 bridgehead atoms. The zero-order valence-corrected chi connectivity index (χ0v) is 35.8. The minimum absolute atomic E-state index is 0. The van der Waals surface area contributed by atoms with E-state index in [-0.39, 0.29) is 35.7 Å². The Morgan fingerprint density at radius 2 is 1.52 bits per heavy atom. The molecule has 0 unspecified atom stereocenters. The van der Waals surface area contributed by atoms with E-state index in [2.05, 4.69) is 99.0 Å². The number of aromatic nitrogens is 2. The molecule has 6 N–H and O–H groups in total. The minimum Gasteiger partial charge on any atom is -1.00 e. The molecule has 3 aromatic carbocycles. The molecular weight excluding hydrogens is 813 g/mol. The van der Waals surface area contributed by atoms with Crippen LogP contribution in [0.2, 0.25) is 0 Å². The number of hydrogen-bond acceptors (Lipinski definition) is 6. The first kappa shape index (κ1) is 44.5. The summed E-state index contributed by atoms with van der Waals surface area (Å²) in [6, 6.07) is 25.3. The Morgan fingerprint density at radius 1 is 0.828 bits per heavy atom. The average Bonchev–Trinajstić information content (AvgIpc) is 3.78. The molecule has 1 aliphatic rings. The lowest BCUT2D eigenvalue weighted by Gasteiger charge is -2.21. The summed E-state index contributed by atoms with van der Waals surface area (Å²) >= 11 is 1.82. The topological polar surface area (TPSA) is 144 Å². The van der Waals surface area contributed by atoms with Crippen molar-refractivity contribution >= 4 is 63.1 Å². The van der Waals surface area contributed by atoms with Gasteiger partial charge in [0, 0.05) is 60.4 Å². The van der Waals surface area contributed by atoms with E-state index in [4.69, 9.17) is 5.73 Å². The number of unbranched alkanes of at least 4 members (excludes halogenated alkanes) is 8. The molecule has 308 valence electrons. The van der Waals surface area contributed by atoms with Crippen molar-refractivity contribution in [3.8, 4) is 0 Å². The van der Waals surface area contributed by atoms with Crippen LogP contribution in [0.15, 0.2) is 101 Å². The van der Waals surface area contributed by atoms with E-state index < -0.39 is 24.0 Å². The number of pyridine rings is 1. The fraction of sp³-hybridized carbons (Fsp3) is 0.391. The molecule has 12 heteroatoms. The van der Waals surface area contributed by atoms with Crippen LogP contribution in [0.3, 0.4) is 0 Å². The lowest BCUT2D eigenvalue weighted by molar-refractivity contribution is -0.671. The molecule has 0 saturated carbocycles. The fourth-order valence-electron chi connectivity index (χ4n) is 7.66. The van der Waals surface area contributed by atoms with Crippen LogP contribution in [0.1, 0.15) is 88.2 Å². The molecule has 5 aromatic rings. The molecule has 0 radical (unpaired) electrons. The van der Waals surface area contributed by atoms with E-state index in [9.17, 15) is 19.5 Å². The number of aromatic amines is 1. The Bertz CT molecular complexity index is 2170. The summed E-state index contributed by atoms with van der Waals surface area (Å²) in [5.74, 6) is -1.79. The third kappa shape index (κ3) is 12.0. The van der Waals surface area contributed by atoms with E-state index in [1.54, 1.807) is 0 Å². The highest BCUT2D eigenvalue weighted by molar-refractivity contribution is 8.03.